The van der Waals surface area contributed by atoms with E-state index < -0.39 is 0 Å². The van der Waals surface area contributed by atoms with Crippen LogP contribution >= 0.6 is 31.9 Å². The maximum Gasteiger partial charge on any atom is 0.210 e. The predicted molar refractivity (Wildman–Crippen MR) is 77.0 cm³/mol. The summed E-state index contributed by atoms with van der Waals surface area (Å²) in [5.74, 6) is 5.87. The van der Waals surface area contributed by atoms with Gasteiger partial charge in [-0.15, -0.1) is 0 Å². The maximum atomic E-state index is 5.38. The number of methoxy groups -OCH3 is 1. The van der Waals surface area contributed by atoms with E-state index in [1.54, 1.807) is 7.11 Å². The molecule has 1 rings (SSSR count). The summed E-state index contributed by atoms with van der Waals surface area (Å²) in [7, 11) is 1.63. The number of ether oxygens (including phenoxy) is 1. The molecule has 17 heavy (non-hydrogen) atoms. The van der Waals surface area contributed by atoms with Crippen molar-refractivity contribution in [3.63, 3.8) is 0 Å². The van der Waals surface area contributed by atoms with Gasteiger partial charge >= 0.3 is 0 Å². The van der Waals surface area contributed by atoms with Gasteiger partial charge in [-0.25, -0.2) is 10.8 Å². The Bertz CT molecular complexity index is 398. The largest absolute Gasteiger partial charge is 0.383 e. The second kappa shape index (κ2) is 7.65. The first-order valence-corrected chi connectivity index (χ1v) is 6.48. The Morgan fingerprint density at radius 3 is 2.88 bits per heavy atom. The smallest absolute Gasteiger partial charge is 0.210 e. The minimum absolute atomic E-state index is 0.487. The molecule has 0 saturated heterocycles. The van der Waals surface area contributed by atoms with Crippen molar-refractivity contribution in [1.29, 1.82) is 0 Å². The summed E-state index contributed by atoms with van der Waals surface area (Å²) < 4.78 is 6.80. The fraction of sp³-hybridized carbons (Fsp3) is 0.300. The monoisotopic (exact) mass is 364 g/mol. The van der Waals surface area contributed by atoms with Crippen molar-refractivity contribution >= 4 is 43.5 Å². The molecule has 1 aromatic carbocycles. The van der Waals surface area contributed by atoms with Crippen molar-refractivity contribution in [3.8, 4) is 0 Å². The fourth-order valence-electron chi connectivity index (χ4n) is 1.09. The molecule has 0 aliphatic heterocycles. The van der Waals surface area contributed by atoms with E-state index in [0.717, 1.165) is 14.6 Å². The molecule has 4 N–H and O–H groups in total. The van der Waals surface area contributed by atoms with E-state index in [2.05, 4.69) is 47.6 Å². The van der Waals surface area contributed by atoms with Gasteiger partial charge in [-0.1, -0.05) is 15.9 Å². The van der Waals surface area contributed by atoms with Gasteiger partial charge in [0, 0.05) is 16.1 Å². The average Bonchev–Trinajstić information content (AvgIpc) is 2.32. The van der Waals surface area contributed by atoms with Gasteiger partial charge in [-0.2, -0.15) is 0 Å². The van der Waals surface area contributed by atoms with Gasteiger partial charge in [0.25, 0.3) is 0 Å². The first kappa shape index (κ1) is 14.4. The Morgan fingerprint density at radius 1 is 1.47 bits per heavy atom. The number of guanidine groups is 1. The molecule has 5 nitrogen and oxygen atoms in total. The Labute approximate surface area is 117 Å². The zero-order chi connectivity index (χ0) is 12.7. The summed E-state index contributed by atoms with van der Waals surface area (Å²) in [6.45, 7) is 1.08. The highest BCUT2D eigenvalue weighted by molar-refractivity contribution is 9.11. The van der Waals surface area contributed by atoms with Gasteiger partial charge in [0.1, 0.15) is 0 Å². The lowest BCUT2D eigenvalue weighted by molar-refractivity contribution is 0.208. The lowest BCUT2D eigenvalue weighted by atomic mass is 10.3. The summed E-state index contributed by atoms with van der Waals surface area (Å²) >= 11 is 6.84. The summed E-state index contributed by atoms with van der Waals surface area (Å²) in [6.07, 6.45) is 0. The molecule has 0 atom stereocenters. The van der Waals surface area contributed by atoms with Crippen molar-refractivity contribution in [2.75, 3.05) is 25.6 Å². The highest BCUT2D eigenvalue weighted by Crippen LogP contribution is 2.25. The Balaban J connectivity index is 2.73. The molecule has 0 fully saturated rings. The first-order chi connectivity index (χ1) is 8.17. The Morgan fingerprint density at radius 2 is 2.24 bits per heavy atom. The molecular formula is C10H14Br2N4O. The molecule has 0 amide bonds. The van der Waals surface area contributed by atoms with Crippen molar-refractivity contribution in [2.24, 2.45) is 10.8 Å². The molecule has 0 aliphatic rings. The quantitative estimate of drug-likeness (QED) is 0.251. The summed E-state index contributed by atoms with van der Waals surface area (Å²) in [5.41, 5.74) is 3.37. The fourth-order valence-corrected chi connectivity index (χ4v) is 1.80. The highest BCUT2D eigenvalue weighted by atomic mass is 79.9. The van der Waals surface area contributed by atoms with E-state index in [1.165, 1.54) is 0 Å². The van der Waals surface area contributed by atoms with Gasteiger partial charge in [0.2, 0.25) is 5.96 Å². The van der Waals surface area contributed by atoms with Crippen LogP contribution in [-0.2, 0) is 4.74 Å². The number of hydrogen-bond donors (Lipinski definition) is 3. The van der Waals surface area contributed by atoms with Crippen molar-refractivity contribution in [1.82, 2.24) is 5.43 Å². The summed E-state index contributed by atoms with van der Waals surface area (Å²) in [6, 6.07) is 5.79. The third-order valence-electron chi connectivity index (χ3n) is 1.88. The first-order valence-electron chi connectivity index (χ1n) is 4.89. The van der Waals surface area contributed by atoms with Crippen LogP contribution in [0.1, 0.15) is 0 Å². The molecule has 7 heteroatoms. The van der Waals surface area contributed by atoms with Crippen LogP contribution in [0.3, 0.4) is 0 Å². The normalized spacial score (nSPS) is 11.4. The van der Waals surface area contributed by atoms with E-state index in [0.29, 0.717) is 19.1 Å². The number of hydrazine groups is 1. The standard InChI is InChI=1S/C10H14Br2N4O/c1-17-5-4-14-10(16-13)15-9-6-7(11)2-3-8(9)12/h2-3,6H,4-5,13H2,1H3,(H2,14,15,16). The molecule has 0 aromatic heterocycles. The molecule has 1 aromatic rings. The number of benzene rings is 1. The van der Waals surface area contributed by atoms with Crippen LogP contribution in [0.25, 0.3) is 0 Å². The van der Waals surface area contributed by atoms with Crippen LogP contribution in [0.4, 0.5) is 5.69 Å². The van der Waals surface area contributed by atoms with Crippen LogP contribution in [0.5, 0.6) is 0 Å². The van der Waals surface area contributed by atoms with E-state index in [9.17, 15) is 0 Å². The van der Waals surface area contributed by atoms with Crippen molar-refractivity contribution in [3.05, 3.63) is 27.1 Å². The van der Waals surface area contributed by atoms with Crippen LogP contribution < -0.4 is 16.6 Å². The number of hydrogen-bond acceptors (Lipinski definition) is 3. The summed E-state index contributed by atoms with van der Waals surface area (Å²) in [5, 5.41) is 3.08. The molecule has 0 aliphatic carbocycles. The second-order valence-corrected chi connectivity index (χ2v) is 4.89. The van der Waals surface area contributed by atoms with E-state index in [-0.39, 0.29) is 0 Å². The number of rotatable bonds is 4. The van der Waals surface area contributed by atoms with Crippen LogP contribution in [0.15, 0.2) is 32.1 Å². The van der Waals surface area contributed by atoms with Crippen molar-refractivity contribution < 1.29 is 4.74 Å². The van der Waals surface area contributed by atoms with Gasteiger partial charge in [-0.3, -0.25) is 5.43 Å². The Hall–Kier alpha value is -0.630. The van der Waals surface area contributed by atoms with E-state index >= 15 is 0 Å². The number of aliphatic imine (C=N–C) groups is 1. The molecule has 94 valence electrons. The van der Waals surface area contributed by atoms with Crippen LogP contribution in [0.2, 0.25) is 0 Å². The van der Waals surface area contributed by atoms with Gasteiger partial charge in [0.15, 0.2) is 0 Å². The molecule has 0 unspecified atom stereocenters. The minimum atomic E-state index is 0.487. The summed E-state index contributed by atoms with van der Waals surface area (Å²) in [4.78, 5) is 4.21. The highest BCUT2D eigenvalue weighted by Gasteiger charge is 2.03. The van der Waals surface area contributed by atoms with Crippen molar-refractivity contribution in [2.45, 2.75) is 0 Å². The second-order valence-electron chi connectivity index (χ2n) is 3.12. The number of nitrogens with two attached hydrogens (primary N) is 1. The number of nitrogens with zero attached hydrogens (tertiary/aromatic N) is 1. The van der Waals surface area contributed by atoms with Gasteiger partial charge in [-0.05, 0) is 34.1 Å². The molecule has 0 spiro atoms. The van der Waals surface area contributed by atoms with Crippen LogP contribution in [-0.4, -0.2) is 26.2 Å². The van der Waals surface area contributed by atoms with Gasteiger partial charge < -0.3 is 10.1 Å². The number of halogens is 2. The predicted octanol–water partition coefficient (Wildman–Crippen LogP) is 2.09. The molecule has 0 saturated carbocycles. The van der Waals surface area contributed by atoms with E-state index in [1.807, 2.05) is 18.2 Å². The molecular weight excluding hydrogens is 352 g/mol. The number of anilines is 1. The van der Waals surface area contributed by atoms with Crippen LogP contribution in [0, 0.1) is 0 Å². The maximum absolute atomic E-state index is 5.38. The Kier molecular flexibility index (Phi) is 6.49. The topological polar surface area (TPSA) is 71.7 Å². The SMILES string of the molecule is COCCN=C(NN)Nc1cc(Br)ccc1Br. The molecule has 0 radical (unpaired) electrons. The average molecular weight is 366 g/mol. The van der Waals surface area contributed by atoms with Gasteiger partial charge in [0.05, 0.1) is 18.8 Å². The zero-order valence-corrected chi connectivity index (χ0v) is 12.5. The molecule has 0 heterocycles. The third-order valence-corrected chi connectivity index (χ3v) is 3.07. The zero-order valence-electron chi connectivity index (χ0n) is 9.34. The lowest BCUT2D eigenvalue weighted by Crippen LogP contribution is -2.36. The van der Waals surface area contributed by atoms with E-state index in [4.69, 9.17) is 10.6 Å². The lowest BCUT2D eigenvalue weighted by Gasteiger charge is -2.11. The number of nitrogens with one attached hydrogen (secondary N) is 2. The molecule has 0 bridgehead atoms. The third kappa shape index (κ3) is 5.03. The minimum Gasteiger partial charge on any atom is -0.383 e.